The Labute approximate surface area is 150 Å². The van der Waals surface area contributed by atoms with Gasteiger partial charge >= 0.3 is 0 Å². The molecule has 0 atom stereocenters. The Morgan fingerprint density at radius 3 is 1.62 bits per heavy atom. The average molecular weight is 333 g/mol. The largest absolute Gasteiger partial charge is 0.300 e. The molecule has 1 nitrogen and oxygen atoms in total. The highest BCUT2D eigenvalue weighted by Crippen LogP contribution is 2.45. The molecule has 0 aliphatic heterocycles. The van der Waals surface area contributed by atoms with Crippen LogP contribution in [0.4, 0.5) is 0 Å². The standard InChI is InChI=1S/C23H40O/c1-2-3-4-5-18-6-8-19(9-7-18)20-10-12-21(13-11-20)22-14-16-23(24)17-15-22/h18-22H,2-17H2,1H3. The molecule has 0 bridgehead atoms. The molecule has 0 aromatic rings. The van der Waals surface area contributed by atoms with Gasteiger partial charge in [0, 0.05) is 12.8 Å². The van der Waals surface area contributed by atoms with Gasteiger partial charge in [-0.05, 0) is 81.0 Å². The van der Waals surface area contributed by atoms with Crippen LogP contribution in [0.15, 0.2) is 0 Å². The van der Waals surface area contributed by atoms with Crippen LogP contribution in [0.2, 0.25) is 0 Å². The summed E-state index contributed by atoms with van der Waals surface area (Å²) < 4.78 is 0. The quantitative estimate of drug-likeness (QED) is 0.481. The molecule has 0 saturated heterocycles. The molecule has 24 heavy (non-hydrogen) atoms. The lowest BCUT2D eigenvalue weighted by atomic mass is 9.65. The van der Waals surface area contributed by atoms with Crippen molar-refractivity contribution in [1.29, 1.82) is 0 Å². The zero-order valence-electron chi connectivity index (χ0n) is 16.1. The molecule has 1 heteroatoms. The maximum absolute atomic E-state index is 11.5. The summed E-state index contributed by atoms with van der Waals surface area (Å²) in [4.78, 5) is 11.5. The molecular formula is C23H40O. The first-order valence-corrected chi connectivity index (χ1v) is 11.3. The van der Waals surface area contributed by atoms with Crippen LogP contribution in [-0.2, 0) is 4.79 Å². The Balaban J connectivity index is 1.34. The van der Waals surface area contributed by atoms with Gasteiger partial charge in [0.25, 0.3) is 0 Å². The van der Waals surface area contributed by atoms with E-state index in [-0.39, 0.29) is 0 Å². The fourth-order valence-corrected chi connectivity index (χ4v) is 6.15. The number of carbonyl (C=O) groups is 1. The zero-order chi connectivity index (χ0) is 16.8. The first-order chi connectivity index (χ1) is 11.8. The highest BCUT2D eigenvalue weighted by Gasteiger charge is 2.34. The van der Waals surface area contributed by atoms with Crippen LogP contribution >= 0.6 is 0 Å². The molecule has 3 saturated carbocycles. The van der Waals surface area contributed by atoms with E-state index in [1.807, 2.05) is 0 Å². The fourth-order valence-electron chi connectivity index (χ4n) is 6.15. The third-order valence-electron chi connectivity index (χ3n) is 7.85. The van der Waals surface area contributed by atoms with Crippen molar-refractivity contribution in [1.82, 2.24) is 0 Å². The summed E-state index contributed by atoms with van der Waals surface area (Å²) in [6.45, 7) is 2.32. The molecule has 3 aliphatic rings. The topological polar surface area (TPSA) is 17.1 Å². The zero-order valence-corrected chi connectivity index (χ0v) is 16.1. The smallest absolute Gasteiger partial charge is 0.132 e. The van der Waals surface area contributed by atoms with Crippen LogP contribution < -0.4 is 0 Å². The Morgan fingerprint density at radius 2 is 1.12 bits per heavy atom. The van der Waals surface area contributed by atoms with Crippen LogP contribution in [0.1, 0.15) is 110 Å². The summed E-state index contributed by atoms with van der Waals surface area (Å²) in [7, 11) is 0. The fraction of sp³-hybridized carbons (Fsp3) is 0.957. The molecule has 3 fully saturated rings. The molecule has 0 radical (unpaired) electrons. The van der Waals surface area contributed by atoms with Crippen molar-refractivity contribution in [2.24, 2.45) is 29.6 Å². The number of Topliss-reactive ketones (excluding diaryl/α,β-unsaturated/α-hetero) is 1. The summed E-state index contributed by atoms with van der Waals surface area (Å²) in [5, 5.41) is 0. The molecule has 0 aromatic carbocycles. The van der Waals surface area contributed by atoms with Crippen molar-refractivity contribution in [3.8, 4) is 0 Å². The van der Waals surface area contributed by atoms with E-state index in [4.69, 9.17) is 0 Å². The monoisotopic (exact) mass is 332 g/mol. The summed E-state index contributed by atoms with van der Waals surface area (Å²) in [5.41, 5.74) is 0. The summed E-state index contributed by atoms with van der Waals surface area (Å²) in [5.74, 6) is 5.53. The molecule has 0 aromatic heterocycles. The van der Waals surface area contributed by atoms with E-state index in [0.717, 1.165) is 42.4 Å². The van der Waals surface area contributed by atoms with Crippen molar-refractivity contribution in [2.75, 3.05) is 0 Å². The Hall–Kier alpha value is -0.330. The Kier molecular flexibility index (Phi) is 7.22. The highest BCUT2D eigenvalue weighted by molar-refractivity contribution is 5.79. The maximum Gasteiger partial charge on any atom is 0.132 e. The van der Waals surface area contributed by atoms with E-state index in [2.05, 4.69) is 6.92 Å². The van der Waals surface area contributed by atoms with Gasteiger partial charge in [0.1, 0.15) is 5.78 Å². The number of hydrogen-bond donors (Lipinski definition) is 0. The molecule has 138 valence electrons. The van der Waals surface area contributed by atoms with Crippen molar-refractivity contribution >= 4 is 5.78 Å². The van der Waals surface area contributed by atoms with E-state index in [1.165, 1.54) is 89.9 Å². The van der Waals surface area contributed by atoms with Gasteiger partial charge in [0.15, 0.2) is 0 Å². The lowest BCUT2D eigenvalue weighted by Gasteiger charge is -2.40. The highest BCUT2D eigenvalue weighted by atomic mass is 16.1. The third-order valence-corrected chi connectivity index (χ3v) is 7.85. The number of hydrogen-bond acceptors (Lipinski definition) is 1. The lowest BCUT2D eigenvalue weighted by Crippen LogP contribution is -2.29. The molecule has 0 spiro atoms. The molecule has 0 N–H and O–H groups in total. The first kappa shape index (κ1) is 18.5. The molecule has 0 heterocycles. The van der Waals surface area contributed by atoms with Crippen LogP contribution in [0, 0.1) is 29.6 Å². The van der Waals surface area contributed by atoms with Gasteiger partial charge in [-0.3, -0.25) is 4.79 Å². The predicted molar refractivity (Wildman–Crippen MR) is 102 cm³/mol. The summed E-state index contributed by atoms with van der Waals surface area (Å²) >= 11 is 0. The van der Waals surface area contributed by atoms with Gasteiger partial charge in [0.05, 0.1) is 0 Å². The van der Waals surface area contributed by atoms with E-state index in [1.54, 1.807) is 0 Å². The van der Waals surface area contributed by atoms with Crippen LogP contribution in [0.25, 0.3) is 0 Å². The first-order valence-electron chi connectivity index (χ1n) is 11.3. The van der Waals surface area contributed by atoms with Gasteiger partial charge in [-0.15, -0.1) is 0 Å². The third kappa shape index (κ3) is 5.09. The second-order valence-electron chi connectivity index (χ2n) is 9.33. The van der Waals surface area contributed by atoms with Gasteiger partial charge in [-0.25, -0.2) is 0 Å². The van der Waals surface area contributed by atoms with Gasteiger partial charge in [0.2, 0.25) is 0 Å². The number of rotatable bonds is 6. The Bertz CT molecular complexity index is 361. The second kappa shape index (κ2) is 9.39. The van der Waals surface area contributed by atoms with Crippen LogP contribution in [-0.4, -0.2) is 5.78 Å². The van der Waals surface area contributed by atoms with Crippen molar-refractivity contribution in [2.45, 2.75) is 110 Å². The SMILES string of the molecule is CCCCCC1CCC(C2CCC(C3CCC(=O)CC3)CC2)CC1. The van der Waals surface area contributed by atoms with E-state index >= 15 is 0 Å². The molecule has 0 amide bonds. The molecule has 3 rings (SSSR count). The van der Waals surface area contributed by atoms with Gasteiger partial charge in [-0.2, -0.15) is 0 Å². The summed E-state index contributed by atoms with van der Waals surface area (Å²) in [6, 6.07) is 0. The normalized spacial score (nSPS) is 36.0. The van der Waals surface area contributed by atoms with E-state index in [0.29, 0.717) is 5.78 Å². The number of carbonyl (C=O) groups excluding carboxylic acids is 1. The minimum absolute atomic E-state index is 0.524. The molecule has 3 aliphatic carbocycles. The van der Waals surface area contributed by atoms with Crippen LogP contribution in [0.5, 0.6) is 0 Å². The van der Waals surface area contributed by atoms with E-state index in [9.17, 15) is 4.79 Å². The van der Waals surface area contributed by atoms with Crippen molar-refractivity contribution in [3.05, 3.63) is 0 Å². The number of unbranched alkanes of at least 4 members (excludes halogenated alkanes) is 2. The average Bonchev–Trinajstić information content (AvgIpc) is 2.63. The van der Waals surface area contributed by atoms with E-state index < -0.39 is 0 Å². The lowest BCUT2D eigenvalue weighted by molar-refractivity contribution is -0.121. The van der Waals surface area contributed by atoms with Crippen molar-refractivity contribution in [3.63, 3.8) is 0 Å². The minimum Gasteiger partial charge on any atom is -0.300 e. The summed E-state index contributed by atoms with van der Waals surface area (Å²) in [6.07, 6.45) is 22.0. The minimum atomic E-state index is 0.524. The number of ketones is 1. The van der Waals surface area contributed by atoms with Crippen molar-refractivity contribution < 1.29 is 4.79 Å². The Morgan fingerprint density at radius 1 is 0.667 bits per heavy atom. The maximum atomic E-state index is 11.5. The van der Waals surface area contributed by atoms with Crippen LogP contribution in [0.3, 0.4) is 0 Å². The molecule has 0 unspecified atom stereocenters. The van der Waals surface area contributed by atoms with Gasteiger partial charge < -0.3 is 0 Å². The second-order valence-corrected chi connectivity index (χ2v) is 9.33. The predicted octanol–water partition coefficient (Wildman–Crippen LogP) is 6.94. The van der Waals surface area contributed by atoms with Gasteiger partial charge in [-0.1, -0.05) is 45.4 Å². The molecular weight excluding hydrogens is 292 g/mol.